The Labute approximate surface area is 135 Å². The van der Waals surface area contributed by atoms with Crippen LogP contribution in [0.4, 0.5) is 0 Å². The number of carbonyl (C=O) groups excluding carboxylic acids is 1. The number of nitriles is 1. The molecule has 1 unspecified atom stereocenters. The zero-order valence-corrected chi connectivity index (χ0v) is 13.3. The summed E-state index contributed by atoms with van der Waals surface area (Å²) in [6.45, 7) is 1.96. The average Bonchev–Trinajstić information content (AvgIpc) is 2.55. The van der Waals surface area contributed by atoms with Gasteiger partial charge in [0.25, 0.3) is 0 Å². The second kappa shape index (κ2) is 7.11. The molecule has 0 aliphatic rings. The van der Waals surface area contributed by atoms with Crippen LogP contribution in [0.1, 0.15) is 29.7 Å². The molecule has 0 aromatic heterocycles. The van der Waals surface area contributed by atoms with Gasteiger partial charge in [-0.2, -0.15) is 5.26 Å². The molecule has 2 rings (SSSR count). The van der Waals surface area contributed by atoms with E-state index in [4.69, 9.17) is 16.9 Å². The predicted octanol–water partition coefficient (Wildman–Crippen LogP) is 3.97. The number of carbonyl (C=O) groups is 1. The first-order chi connectivity index (χ1) is 10.5. The number of hydrogen-bond acceptors (Lipinski definition) is 2. The molecule has 3 nitrogen and oxygen atoms in total. The van der Waals surface area contributed by atoms with Crippen LogP contribution in [0.5, 0.6) is 0 Å². The Morgan fingerprint density at radius 1 is 1.23 bits per heavy atom. The third kappa shape index (κ3) is 3.66. The summed E-state index contributed by atoms with van der Waals surface area (Å²) in [4.78, 5) is 14.1. The number of amides is 1. The van der Waals surface area contributed by atoms with Crippen LogP contribution in [0.2, 0.25) is 5.02 Å². The summed E-state index contributed by atoms with van der Waals surface area (Å²) in [5, 5.41) is 9.43. The number of likely N-dealkylation sites (N-methyl/N-ethyl adjacent to an activating group) is 1. The van der Waals surface area contributed by atoms with Crippen molar-refractivity contribution in [1.29, 1.82) is 5.26 Å². The lowest BCUT2D eigenvalue weighted by molar-refractivity contribution is -0.131. The monoisotopic (exact) mass is 312 g/mol. The number of hydrogen-bond donors (Lipinski definition) is 0. The van der Waals surface area contributed by atoms with Crippen molar-refractivity contribution in [2.45, 2.75) is 19.4 Å². The minimum Gasteiger partial charge on any atom is -0.339 e. The van der Waals surface area contributed by atoms with Gasteiger partial charge in [-0.1, -0.05) is 41.9 Å². The molecular formula is C18H17ClN2O. The van der Waals surface area contributed by atoms with Crippen molar-refractivity contribution in [2.75, 3.05) is 7.05 Å². The van der Waals surface area contributed by atoms with E-state index in [1.165, 1.54) is 0 Å². The molecule has 1 atom stereocenters. The lowest BCUT2D eigenvalue weighted by Gasteiger charge is -2.25. The van der Waals surface area contributed by atoms with Crippen molar-refractivity contribution >= 4 is 17.5 Å². The summed E-state index contributed by atoms with van der Waals surface area (Å²) in [6.07, 6.45) is 0.275. The number of nitrogens with zero attached hydrogens (tertiary/aromatic N) is 2. The zero-order valence-electron chi connectivity index (χ0n) is 12.6. The van der Waals surface area contributed by atoms with Gasteiger partial charge >= 0.3 is 0 Å². The Morgan fingerprint density at radius 2 is 1.86 bits per heavy atom. The Kier molecular flexibility index (Phi) is 5.19. The third-order valence-corrected chi connectivity index (χ3v) is 4.16. The van der Waals surface area contributed by atoms with E-state index >= 15 is 0 Å². The molecule has 0 aliphatic carbocycles. The van der Waals surface area contributed by atoms with Gasteiger partial charge in [-0.3, -0.25) is 4.79 Å². The molecular weight excluding hydrogens is 296 g/mol. The molecule has 0 aliphatic heterocycles. The predicted molar refractivity (Wildman–Crippen MR) is 87.5 cm³/mol. The third-order valence-electron chi connectivity index (χ3n) is 3.80. The highest BCUT2D eigenvalue weighted by Gasteiger charge is 2.18. The highest BCUT2D eigenvalue weighted by atomic mass is 35.5. The van der Waals surface area contributed by atoms with Gasteiger partial charge in [0.15, 0.2) is 0 Å². The standard InChI is InChI=1S/C18H17ClN2O/c1-13(15-9-7-14(12-20)8-10-15)21(2)18(22)11-16-5-3-4-6-17(16)19/h3-10,13H,11H2,1-2H3. The summed E-state index contributed by atoms with van der Waals surface area (Å²) < 4.78 is 0. The lowest BCUT2D eigenvalue weighted by atomic mass is 10.0. The Hall–Kier alpha value is -2.31. The summed E-state index contributed by atoms with van der Waals surface area (Å²) in [5.74, 6) is 0.00459. The molecule has 22 heavy (non-hydrogen) atoms. The van der Waals surface area contributed by atoms with Gasteiger partial charge < -0.3 is 4.90 Å². The Balaban J connectivity index is 2.09. The van der Waals surface area contributed by atoms with Crippen molar-refractivity contribution < 1.29 is 4.79 Å². The second-order valence-electron chi connectivity index (χ2n) is 5.18. The summed E-state index contributed by atoms with van der Waals surface area (Å²) in [6, 6.07) is 16.7. The first-order valence-corrected chi connectivity index (χ1v) is 7.40. The maximum atomic E-state index is 12.4. The van der Waals surface area contributed by atoms with Gasteiger partial charge in [-0.05, 0) is 36.2 Å². The molecule has 0 fully saturated rings. The van der Waals surface area contributed by atoms with Crippen molar-refractivity contribution in [3.63, 3.8) is 0 Å². The van der Waals surface area contributed by atoms with Crippen molar-refractivity contribution in [3.05, 3.63) is 70.2 Å². The fraction of sp³-hybridized carbons (Fsp3) is 0.222. The fourth-order valence-corrected chi connectivity index (χ4v) is 2.41. The van der Waals surface area contributed by atoms with E-state index in [0.29, 0.717) is 10.6 Å². The van der Waals surface area contributed by atoms with E-state index in [1.54, 1.807) is 30.1 Å². The van der Waals surface area contributed by atoms with E-state index in [1.807, 2.05) is 37.3 Å². The van der Waals surface area contributed by atoms with Gasteiger partial charge in [-0.25, -0.2) is 0 Å². The molecule has 0 saturated carbocycles. The summed E-state index contributed by atoms with van der Waals surface area (Å²) in [7, 11) is 1.78. The Morgan fingerprint density at radius 3 is 2.45 bits per heavy atom. The smallest absolute Gasteiger partial charge is 0.227 e. The van der Waals surface area contributed by atoms with Gasteiger partial charge in [0.1, 0.15) is 0 Å². The summed E-state index contributed by atoms with van der Waals surface area (Å²) in [5.41, 5.74) is 2.43. The van der Waals surface area contributed by atoms with Crippen LogP contribution in [0.3, 0.4) is 0 Å². The molecule has 2 aromatic rings. The van der Waals surface area contributed by atoms with E-state index < -0.39 is 0 Å². The minimum absolute atomic E-state index is 0.00459. The maximum absolute atomic E-state index is 12.4. The van der Waals surface area contributed by atoms with Crippen LogP contribution in [0, 0.1) is 11.3 Å². The Bertz CT molecular complexity index is 704. The van der Waals surface area contributed by atoms with Gasteiger partial charge in [-0.15, -0.1) is 0 Å². The van der Waals surface area contributed by atoms with Crippen LogP contribution in [-0.4, -0.2) is 17.9 Å². The highest BCUT2D eigenvalue weighted by molar-refractivity contribution is 6.31. The molecule has 0 radical (unpaired) electrons. The van der Waals surface area contributed by atoms with Crippen LogP contribution >= 0.6 is 11.6 Å². The van der Waals surface area contributed by atoms with E-state index in [9.17, 15) is 4.79 Å². The first-order valence-electron chi connectivity index (χ1n) is 7.02. The second-order valence-corrected chi connectivity index (χ2v) is 5.59. The van der Waals surface area contributed by atoms with E-state index in [2.05, 4.69) is 6.07 Å². The number of rotatable bonds is 4. The van der Waals surface area contributed by atoms with Crippen molar-refractivity contribution in [2.24, 2.45) is 0 Å². The van der Waals surface area contributed by atoms with Gasteiger partial charge in [0, 0.05) is 12.1 Å². The number of benzene rings is 2. The molecule has 0 N–H and O–H groups in total. The molecule has 4 heteroatoms. The zero-order chi connectivity index (χ0) is 16.1. The SMILES string of the molecule is CC(c1ccc(C#N)cc1)N(C)C(=O)Cc1ccccc1Cl. The van der Waals surface area contributed by atoms with E-state index in [0.717, 1.165) is 11.1 Å². The van der Waals surface area contributed by atoms with Crippen LogP contribution < -0.4 is 0 Å². The van der Waals surface area contributed by atoms with Crippen molar-refractivity contribution in [1.82, 2.24) is 4.90 Å². The first kappa shape index (κ1) is 16.1. The molecule has 0 heterocycles. The van der Waals surface area contributed by atoms with Crippen LogP contribution in [0.25, 0.3) is 0 Å². The molecule has 1 amide bonds. The summed E-state index contributed by atoms with van der Waals surface area (Å²) >= 11 is 6.10. The molecule has 2 aromatic carbocycles. The van der Waals surface area contributed by atoms with Crippen molar-refractivity contribution in [3.8, 4) is 6.07 Å². The number of halogens is 1. The van der Waals surface area contributed by atoms with Gasteiger partial charge in [0.2, 0.25) is 5.91 Å². The van der Waals surface area contributed by atoms with Crippen LogP contribution in [-0.2, 0) is 11.2 Å². The minimum atomic E-state index is -0.0669. The molecule has 112 valence electrons. The quantitative estimate of drug-likeness (QED) is 0.857. The molecule has 0 spiro atoms. The fourth-order valence-electron chi connectivity index (χ4n) is 2.21. The lowest BCUT2D eigenvalue weighted by Crippen LogP contribution is -2.31. The largest absolute Gasteiger partial charge is 0.339 e. The topological polar surface area (TPSA) is 44.1 Å². The van der Waals surface area contributed by atoms with Gasteiger partial charge in [0.05, 0.1) is 24.1 Å². The maximum Gasteiger partial charge on any atom is 0.227 e. The van der Waals surface area contributed by atoms with E-state index in [-0.39, 0.29) is 18.4 Å². The normalized spacial score (nSPS) is 11.5. The molecule has 0 saturated heterocycles. The molecule has 0 bridgehead atoms. The van der Waals surface area contributed by atoms with Crippen LogP contribution in [0.15, 0.2) is 48.5 Å². The average molecular weight is 313 g/mol. The highest BCUT2D eigenvalue weighted by Crippen LogP contribution is 2.22.